The number of benzene rings is 1. The maximum absolute atomic E-state index is 9.80. The molecule has 0 radical (unpaired) electrons. The molecular formula is C18H25N5O4. The van der Waals surface area contributed by atoms with Crippen LogP contribution in [0.1, 0.15) is 13.3 Å². The van der Waals surface area contributed by atoms with Gasteiger partial charge in [-0.15, -0.1) is 0 Å². The third-order valence-electron chi connectivity index (χ3n) is 4.37. The Bertz CT molecular complexity index is 857. The van der Waals surface area contributed by atoms with Gasteiger partial charge in [0.15, 0.2) is 11.5 Å². The number of nitrogens with two attached hydrogens (primary N) is 1. The second kappa shape index (κ2) is 7.83. The van der Waals surface area contributed by atoms with Crippen LogP contribution in [0.4, 0.5) is 11.8 Å². The van der Waals surface area contributed by atoms with Gasteiger partial charge >= 0.3 is 0 Å². The highest BCUT2D eigenvalue weighted by atomic mass is 16.5. The zero-order valence-corrected chi connectivity index (χ0v) is 16.0. The number of aliphatic hydroxyl groups excluding tert-OH is 1. The van der Waals surface area contributed by atoms with E-state index in [1.54, 1.807) is 26.4 Å². The first-order valence-corrected chi connectivity index (χ1v) is 8.71. The van der Waals surface area contributed by atoms with Crippen LogP contribution in [0.2, 0.25) is 0 Å². The highest BCUT2D eigenvalue weighted by Crippen LogP contribution is 2.34. The molecule has 2 heterocycles. The van der Waals surface area contributed by atoms with Crippen molar-refractivity contribution in [1.82, 2.24) is 9.97 Å². The fourth-order valence-corrected chi connectivity index (χ4v) is 2.99. The van der Waals surface area contributed by atoms with Gasteiger partial charge in [0.05, 0.1) is 32.4 Å². The first kappa shape index (κ1) is 19.0. The van der Waals surface area contributed by atoms with E-state index in [1.807, 2.05) is 18.9 Å². The van der Waals surface area contributed by atoms with Crippen LogP contribution >= 0.6 is 0 Å². The Hall–Kier alpha value is -2.81. The van der Waals surface area contributed by atoms with Crippen LogP contribution in [0.15, 0.2) is 17.1 Å². The Morgan fingerprint density at radius 3 is 2.67 bits per heavy atom. The van der Waals surface area contributed by atoms with Crippen LogP contribution < -0.4 is 20.1 Å². The number of aliphatic imine (C=N–C) groups is 1. The van der Waals surface area contributed by atoms with Crippen LogP contribution in [0.3, 0.4) is 0 Å². The summed E-state index contributed by atoms with van der Waals surface area (Å²) in [5.74, 6) is 2.37. The first-order valence-electron chi connectivity index (χ1n) is 8.71. The molecule has 0 bridgehead atoms. The van der Waals surface area contributed by atoms with E-state index in [2.05, 4.69) is 15.0 Å². The van der Waals surface area contributed by atoms with E-state index in [1.165, 1.54) is 0 Å². The van der Waals surface area contributed by atoms with Crippen molar-refractivity contribution in [3.05, 3.63) is 12.1 Å². The predicted octanol–water partition coefficient (Wildman–Crippen LogP) is 1.23. The van der Waals surface area contributed by atoms with Crippen molar-refractivity contribution in [2.24, 2.45) is 4.99 Å². The molecule has 9 heteroatoms. The van der Waals surface area contributed by atoms with E-state index in [0.717, 1.165) is 0 Å². The van der Waals surface area contributed by atoms with Crippen LogP contribution in [0.25, 0.3) is 10.9 Å². The zero-order valence-electron chi connectivity index (χ0n) is 16.0. The van der Waals surface area contributed by atoms with E-state index in [0.29, 0.717) is 59.6 Å². The SMILES string of the molecule is COc1cc2nc(N(C)CC(C)N=C3OCCC3O)nc(N)c2cc1OC. The number of likely N-dealkylation sites (N-methyl/N-ethyl adjacent to an activating group) is 1. The molecule has 1 aliphatic heterocycles. The Kier molecular flexibility index (Phi) is 5.50. The average Bonchev–Trinajstić information content (AvgIpc) is 3.04. The Morgan fingerprint density at radius 1 is 1.33 bits per heavy atom. The summed E-state index contributed by atoms with van der Waals surface area (Å²) >= 11 is 0. The molecule has 3 rings (SSSR count). The molecule has 0 amide bonds. The standard InChI is InChI=1S/C18H25N5O4/c1-10(20-17-13(24)5-6-27-17)9-23(2)18-21-12-8-15(26-4)14(25-3)7-11(12)16(19)22-18/h7-8,10,13,24H,5-6,9H2,1-4H3,(H2,19,21,22). The van der Waals surface area contributed by atoms with Gasteiger partial charge in [0.2, 0.25) is 11.8 Å². The largest absolute Gasteiger partial charge is 0.493 e. The van der Waals surface area contributed by atoms with Gasteiger partial charge in [0, 0.05) is 31.5 Å². The number of aliphatic hydroxyl groups is 1. The number of aromatic nitrogens is 2. The van der Waals surface area contributed by atoms with Gasteiger partial charge in [0.25, 0.3) is 0 Å². The number of hydrogen-bond donors (Lipinski definition) is 2. The Morgan fingerprint density at radius 2 is 2.04 bits per heavy atom. The normalized spacial score (nSPS) is 19.1. The number of nitrogens with zero attached hydrogens (tertiary/aromatic N) is 4. The maximum atomic E-state index is 9.80. The van der Waals surface area contributed by atoms with Gasteiger partial charge in [-0.25, -0.2) is 9.98 Å². The van der Waals surface area contributed by atoms with Gasteiger partial charge in [-0.2, -0.15) is 4.98 Å². The monoisotopic (exact) mass is 375 g/mol. The number of ether oxygens (including phenoxy) is 3. The summed E-state index contributed by atoms with van der Waals surface area (Å²) in [6, 6.07) is 3.43. The highest BCUT2D eigenvalue weighted by Gasteiger charge is 2.23. The molecule has 146 valence electrons. The molecular weight excluding hydrogens is 350 g/mol. The minimum atomic E-state index is -0.618. The van der Waals surface area contributed by atoms with E-state index in [-0.39, 0.29) is 6.04 Å². The lowest BCUT2D eigenvalue weighted by atomic mass is 10.2. The molecule has 0 saturated carbocycles. The molecule has 1 aliphatic rings. The molecule has 0 aliphatic carbocycles. The van der Waals surface area contributed by atoms with Gasteiger partial charge in [-0.1, -0.05) is 0 Å². The Balaban J connectivity index is 1.85. The van der Waals surface area contributed by atoms with E-state index >= 15 is 0 Å². The topological polar surface area (TPSA) is 115 Å². The number of methoxy groups -OCH3 is 2. The highest BCUT2D eigenvalue weighted by molar-refractivity contribution is 5.91. The molecule has 0 spiro atoms. The van der Waals surface area contributed by atoms with Crippen molar-refractivity contribution >= 4 is 28.6 Å². The van der Waals surface area contributed by atoms with Gasteiger partial charge in [0.1, 0.15) is 11.9 Å². The summed E-state index contributed by atoms with van der Waals surface area (Å²) in [5, 5.41) is 10.5. The van der Waals surface area contributed by atoms with E-state index in [9.17, 15) is 5.11 Å². The number of anilines is 2. The van der Waals surface area contributed by atoms with Crippen molar-refractivity contribution in [2.75, 3.05) is 45.1 Å². The van der Waals surface area contributed by atoms with Crippen molar-refractivity contribution in [3.63, 3.8) is 0 Å². The van der Waals surface area contributed by atoms with Crippen molar-refractivity contribution < 1.29 is 19.3 Å². The lowest BCUT2D eigenvalue weighted by molar-refractivity contribution is 0.244. The summed E-state index contributed by atoms with van der Waals surface area (Å²) in [4.78, 5) is 15.3. The molecule has 1 aromatic carbocycles. The predicted molar refractivity (Wildman–Crippen MR) is 104 cm³/mol. The van der Waals surface area contributed by atoms with Crippen molar-refractivity contribution in [2.45, 2.75) is 25.5 Å². The average molecular weight is 375 g/mol. The van der Waals surface area contributed by atoms with Crippen LogP contribution in [-0.4, -0.2) is 67.5 Å². The lowest BCUT2D eigenvalue weighted by Gasteiger charge is -2.21. The molecule has 1 fully saturated rings. The van der Waals surface area contributed by atoms with Crippen LogP contribution in [0, 0.1) is 0 Å². The van der Waals surface area contributed by atoms with Gasteiger partial charge < -0.3 is 30.0 Å². The van der Waals surface area contributed by atoms with Gasteiger partial charge in [-0.05, 0) is 13.0 Å². The number of fused-ring (bicyclic) bond motifs is 1. The number of rotatable bonds is 6. The molecule has 27 heavy (non-hydrogen) atoms. The number of hydrogen-bond acceptors (Lipinski definition) is 9. The fourth-order valence-electron chi connectivity index (χ4n) is 2.99. The smallest absolute Gasteiger partial charge is 0.227 e. The second-order valence-corrected chi connectivity index (χ2v) is 6.48. The molecule has 3 N–H and O–H groups in total. The van der Waals surface area contributed by atoms with Crippen molar-refractivity contribution in [1.29, 1.82) is 0 Å². The summed E-state index contributed by atoms with van der Waals surface area (Å²) < 4.78 is 16.0. The molecule has 2 atom stereocenters. The molecule has 1 aromatic heterocycles. The minimum Gasteiger partial charge on any atom is -0.493 e. The third kappa shape index (κ3) is 3.97. The molecule has 2 unspecified atom stereocenters. The summed E-state index contributed by atoms with van der Waals surface area (Å²) in [5.41, 5.74) is 6.80. The van der Waals surface area contributed by atoms with Crippen LogP contribution in [-0.2, 0) is 4.74 Å². The number of nitrogen functional groups attached to an aromatic ring is 1. The zero-order chi connectivity index (χ0) is 19.6. The minimum absolute atomic E-state index is 0.108. The maximum Gasteiger partial charge on any atom is 0.227 e. The summed E-state index contributed by atoms with van der Waals surface area (Å²) in [7, 11) is 5.00. The van der Waals surface area contributed by atoms with Crippen molar-refractivity contribution in [3.8, 4) is 11.5 Å². The summed E-state index contributed by atoms with van der Waals surface area (Å²) in [6.07, 6.45) is -0.0374. The lowest BCUT2D eigenvalue weighted by Crippen LogP contribution is -2.29. The third-order valence-corrected chi connectivity index (χ3v) is 4.37. The summed E-state index contributed by atoms with van der Waals surface area (Å²) in [6.45, 7) is 2.98. The van der Waals surface area contributed by atoms with E-state index in [4.69, 9.17) is 19.9 Å². The fraction of sp³-hybridized carbons (Fsp3) is 0.500. The second-order valence-electron chi connectivity index (χ2n) is 6.48. The Labute approximate surface area is 157 Å². The first-order chi connectivity index (χ1) is 12.9. The van der Waals surface area contributed by atoms with Gasteiger partial charge in [-0.3, -0.25) is 0 Å². The molecule has 2 aromatic rings. The molecule has 1 saturated heterocycles. The van der Waals surface area contributed by atoms with Crippen LogP contribution in [0.5, 0.6) is 11.5 Å². The van der Waals surface area contributed by atoms with E-state index < -0.39 is 6.10 Å². The molecule has 9 nitrogen and oxygen atoms in total. The quantitative estimate of drug-likeness (QED) is 0.775.